The molecule has 5 rings (SSSR count). The lowest BCUT2D eigenvalue weighted by Gasteiger charge is -2.13. The van der Waals surface area contributed by atoms with Crippen LogP contribution in [-0.4, -0.2) is 25.0 Å². The fourth-order valence-electron chi connectivity index (χ4n) is 3.32. The number of nitrogens with zero attached hydrogens (tertiary/aromatic N) is 5. The summed E-state index contributed by atoms with van der Waals surface area (Å²) in [6, 6.07) is 26.9. The fraction of sp³-hybridized carbons (Fsp3) is 0.120. The minimum absolute atomic E-state index is 0.144. The summed E-state index contributed by atoms with van der Waals surface area (Å²) >= 11 is 7.72. The van der Waals surface area contributed by atoms with Crippen LogP contribution in [0, 0.1) is 0 Å². The van der Waals surface area contributed by atoms with E-state index in [9.17, 15) is 0 Å². The first-order valence-electron chi connectivity index (χ1n) is 10.6. The molecular weight excluding hydrogens is 470 g/mol. The summed E-state index contributed by atoms with van der Waals surface area (Å²) in [7, 11) is 0. The van der Waals surface area contributed by atoms with Gasteiger partial charge in [-0.05, 0) is 43.3 Å². The smallest absolute Gasteiger partial charge is 0.247 e. The van der Waals surface area contributed by atoms with E-state index in [0.29, 0.717) is 33.5 Å². The van der Waals surface area contributed by atoms with Crippen molar-refractivity contribution in [1.82, 2.24) is 25.0 Å². The van der Waals surface area contributed by atoms with E-state index in [1.165, 1.54) is 11.8 Å². The van der Waals surface area contributed by atoms with Crippen molar-refractivity contribution in [3.63, 3.8) is 0 Å². The first-order valence-corrected chi connectivity index (χ1v) is 11.9. The highest BCUT2D eigenvalue weighted by Crippen LogP contribution is 2.36. The summed E-state index contributed by atoms with van der Waals surface area (Å²) < 4.78 is 13.8. The Hall–Kier alpha value is -3.62. The molecule has 9 heteroatoms. The Balaban J connectivity index is 1.40. The molecule has 7 nitrogen and oxygen atoms in total. The highest BCUT2D eigenvalue weighted by Gasteiger charge is 2.22. The van der Waals surface area contributed by atoms with Crippen LogP contribution in [0.15, 0.2) is 94.5 Å². The largest absolute Gasteiger partial charge is 0.484 e. The molecule has 0 aliphatic carbocycles. The molecule has 0 bridgehead atoms. The standard InChI is InChI=1S/C25H20ClN5O2S/c1-17(23-28-29-24(33-23)18-10-4-2-5-11-18)34-25-30-27-22(31(25)19-12-6-3-7-13-19)16-32-21-15-9-8-14-20(21)26/h2-15,17H,16H2,1H3. The van der Waals surface area contributed by atoms with E-state index in [0.717, 1.165) is 11.3 Å². The van der Waals surface area contributed by atoms with Crippen LogP contribution in [0.25, 0.3) is 17.1 Å². The summed E-state index contributed by atoms with van der Waals surface area (Å²) in [6.07, 6.45) is 0. The lowest BCUT2D eigenvalue weighted by molar-refractivity contribution is 0.293. The van der Waals surface area contributed by atoms with Gasteiger partial charge in [0.1, 0.15) is 12.4 Å². The van der Waals surface area contributed by atoms with Crippen molar-refractivity contribution < 1.29 is 9.15 Å². The first kappa shape index (κ1) is 22.2. The lowest BCUT2D eigenvalue weighted by atomic mass is 10.2. The molecule has 1 atom stereocenters. The molecule has 5 aromatic rings. The second kappa shape index (κ2) is 10.1. The van der Waals surface area contributed by atoms with Crippen LogP contribution in [0.5, 0.6) is 5.75 Å². The second-order valence-corrected chi connectivity index (χ2v) is 9.08. The number of halogens is 1. The van der Waals surface area contributed by atoms with Gasteiger partial charge in [-0.25, -0.2) is 0 Å². The number of ether oxygens (including phenoxy) is 1. The maximum atomic E-state index is 6.24. The summed E-state index contributed by atoms with van der Waals surface area (Å²) in [5, 5.41) is 18.4. The van der Waals surface area contributed by atoms with Gasteiger partial charge in [0.15, 0.2) is 11.0 Å². The topological polar surface area (TPSA) is 78.9 Å². The molecule has 0 fully saturated rings. The van der Waals surface area contributed by atoms with Crippen LogP contribution < -0.4 is 4.74 Å². The van der Waals surface area contributed by atoms with Crippen LogP contribution in [0.1, 0.15) is 23.9 Å². The molecule has 0 radical (unpaired) electrons. The summed E-state index contributed by atoms with van der Waals surface area (Å²) in [6.45, 7) is 2.20. The van der Waals surface area contributed by atoms with E-state index in [4.69, 9.17) is 20.8 Å². The third-order valence-electron chi connectivity index (χ3n) is 5.00. The Labute approximate surface area is 205 Å². The quantitative estimate of drug-likeness (QED) is 0.233. The van der Waals surface area contributed by atoms with E-state index in [2.05, 4.69) is 20.4 Å². The van der Waals surface area contributed by atoms with Gasteiger partial charge in [0, 0.05) is 11.3 Å². The zero-order valence-corrected chi connectivity index (χ0v) is 19.8. The normalized spacial score (nSPS) is 11.9. The van der Waals surface area contributed by atoms with Gasteiger partial charge in [-0.3, -0.25) is 4.57 Å². The van der Waals surface area contributed by atoms with Crippen molar-refractivity contribution in [3.05, 3.63) is 102 Å². The van der Waals surface area contributed by atoms with E-state index in [1.807, 2.05) is 90.4 Å². The molecule has 2 aromatic heterocycles. The maximum Gasteiger partial charge on any atom is 0.247 e. The van der Waals surface area contributed by atoms with Gasteiger partial charge < -0.3 is 9.15 Å². The van der Waals surface area contributed by atoms with E-state index < -0.39 is 0 Å². The van der Waals surface area contributed by atoms with Gasteiger partial charge in [0.25, 0.3) is 0 Å². The lowest BCUT2D eigenvalue weighted by Crippen LogP contribution is -2.07. The first-order chi connectivity index (χ1) is 16.7. The molecule has 34 heavy (non-hydrogen) atoms. The van der Waals surface area contributed by atoms with E-state index in [-0.39, 0.29) is 11.9 Å². The molecule has 0 amide bonds. The highest BCUT2D eigenvalue weighted by molar-refractivity contribution is 7.99. The number of benzene rings is 3. The van der Waals surface area contributed by atoms with E-state index in [1.54, 1.807) is 6.07 Å². The Bertz CT molecular complexity index is 1370. The van der Waals surface area contributed by atoms with Gasteiger partial charge in [-0.2, -0.15) is 0 Å². The number of para-hydroxylation sites is 2. The fourth-order valence-corrected chi connectivity index (χ4v) is 4.42. The average Bonchev–Trinajstić information content (AvgIpc) is 3.52. The Morgan fingerprint density at radius 3 is 2.35 bits per heavy atom. The van der Waals surface area contributed by atoms with Crippen molar-refractivity contribution >= 4 is 23.4 Å². The third-order valence-corrected chi connectivity index (χ3v) is 6.34. The van der Waals surface area contributed by atoms with Crippen molar-refractivity contribution in [2.75, 3.05) is 0 Å². The highest BCUT2D eigenvalue weighted by atomic mass is 35.5. The van der Waals surface area contributed by atoms with Gasteiger partial charge in [0.2, 0.25) is 11.8 Å². The molecule has 1 unspecified atom stereocenters. The van der Waals surface area contributed by atoms with Crippen LogP contribution in [0.2, 0.25) is 5.02 Å². The summed E-state index contributed by atoms with van der Waals surface area (Å²) in [5.74, 6) is 2.24. The molecule has 0 aliphatic rings. The Morgan fingerprint density at radius 2 is 1.59 bits per heavy atom. The predicted molar refractivity (Wildman–Crippen MR) is 131 cm³/mol. The van der Waals surface area contributed by atoms with Crippen LogP contribution in [0.4, 0.5) is 0 Å². The van der Waals surface area contributed by atoms with Crippen molar-refractivity contribution in [2.24, 2.45) is 0 Å². The monoisotopic (exact) mass is 489 g/mol. The number of hydrogen-bond donors (Lipinski definition) is 0. The molecule has 170 valence electrons. The van der Waals surface area contributed by atoms with Crippen LogP contribution in [0.3, 0.4) is 0 Å². The van der Waals surface area contributed by atoms with Gasteiger partial charge in [-0.1, -0.05) is 71.9 Å². The minimum Gasteiger partial charge on any atom is -0.484 e. The average molecular weight is 490 g/mol. The van der Waals surface area contributed by atoms with Crippen molar-refractivity contribution in [1.29, 1.82) is 0 Å². The minimum atomic E-state index is -0.144. The predicted octanol–water partition coefficient (Wildman–Crippen LogP) is 6.40. The zero-order valence-electron chi connectivity index (χ0n) is 18.2. The van der Waals surface area contributed by atoms with E-state index >= 15 is 0 Å². The van der Waals surface area contributed by atoms with Gasteiger partial charge in [-0.15, -0.1) is 20.4 Å². The number of rotatable bonds is 8. The number of aromatic nitrogens is 5. The molecule has 0 aliphatic heterocycles. The summed E-state index contributed by atoms with van der Waals surface area (Å²) in [4.78, 5) is 0. The molecular formula is C25H20ClN5O2S. The number of thioether (sulfide) groups is 1. The Kier molecular flexibility index (Phi) is 6.60. The molecule has 0 spiro atoms. The zero-order chi connectivity index (χ0) is 23.3. The summed E-state index contributed by atoms with van der Waals surface area (Å²) in [5.41, 5.74) is 1.81. The number of hydrogen-bond acceptors (Lipinski definition) is 7. The van der Waals surface area contributed by atoms with Crippen molar-refractivity contribution in [2.45, 2.75) is 23.9 Å². The molecule has 0 N–H and O–H groups in total. The SMILES string of the molecule is CC(Sc1nnc(COc2ccccc2Cl)n1-c1ccccc1)c1nnc(-c2ccccc2)o1. The van der Waals surface area contributed by atoms with Gasteiger partial charge >= 0.3 is 0 Å². The third kappa shape index (κ3) is 4.83. The molecule has 2 heterocycles. The maximum absolute atomic E-state index is 6.24. The molecule has 3 aromatic carbocycles. The second-order valence-electron chi connectivity index (χ2n) is 7.36. The van der Waals surface area contributed by atoms with Gasteiger partial charge in [0.05, 0.1) is 10.3 Å². The van der Waals surface area contributed by atoms with Crippen molar-refractivity contribution in [3.8, 4) is 22.9 Å². The molecule has 0 saturated carbocycles. The molecule has 0 saturated heterocycles. The Morgan fingerprint density at radius 1 is 0.882 bits per heavy atom. The van der Waals surface area contributed by atoms with Crippen LogP contribution in [-0.2, 0) is 6.61 Å². The van der Waals surface area contributed by atoms with Crippen LogP contribution >= 0.6 is 23.4 Å².